The van der Waals surface area contributed by atoms with Crippen LogP contribution in [0.15, 0.2) is 54.6 Å². The van der Waals surface area contributed by atoms with Crippen molar-refractivity contribution in [3.63, 3.8) is 0 Å². The van der Waals surface area contributed by atoms with Crippen LogP contribution in [0.4, 0.5) is 10.6 Å². The van der Waals surface area contributed by atoms with Crippen molar-refractivity contribution >= 4 is 23.8 Å². The van der Waals surface area contributed by atoms with Crippen LogP contribution in [0.2, 0.25) is 0 Å². The largest absolute Gasteiger partial charge is 0.480 e. The van der Waals surface area contributed by atoms with E-state index in [9.17, 15) is 14.4 Å². The summed E-state index contributed by atoms with van der Waals surface area (Å²) in [7, 11) is 0. The molecule has 0 radical (unpaired) electrons. The summed E-state index contributed by atoms with van der Waals surface area (Å²) < 4.78 is 5.43. The molecule has 2 aromatic carbocycles. The molecule has 1 aliphatic carbocycles. The molecule has 10 nitrogen and oxygen atoms in total. The van der Waals surface area contributed by atoms with E-state index in [0.717, 1.165) is 22.3 Å². The van der Waals surface area contributed by atoms with E-state index in [1.165, 1.54) is 6.07 Å². The Balaban J connectivity index is 1.36. The lowest BCUT2D eigenvalue weighted by Crippen LogP contribution is -2.41. The molecule has 0 bridgehead atoms. The van der Waals surface area contributed by atoms with E-state index >= 15 is 0 Å². The smallest absolute Gasteiger partial charge is 0.412 e. The third kappa shape index (κ3) is 4.70. The Bertz CT molecular complexity index is 1150. The molecule has 4 rings (SSSR count). The lowest BCUT2D eigenvalue weighted by molar-refractivity contribution is -0.139. The molecule has 0 aliphatic heterocycles. The highest BCUT2D eigenvalue weighted by Gasteiger charge is 2.29. The second kappa shape index (κ2) is 9.53. The number of H-pyrrole nitrogens is 1. The van der Waals surface area contributed by atoms with E-state index in [4.69, 9.17) is 14.9 Å². The minimum absolute atomic E-state index is 0.0476. The number of fused-ring (bicyclic) bond motifs is 3. The summed E-state index contributed by atoms with van der Waals surface area (Å²) in [6.07, 6.45) is -0.876. The molecule has 10 heteroatoms. The van der Waals surface area contributed by atoms with Gasteiger partial charge in [-0.1, -0.05) is 48.5 Å². The van der Waals surface area contributed by atoms with Gasteiger partial charge in [-0.2, -0.15) is 5.10 Å². The minimum Gasteiger partial charge on any atom is -0.480 e. The predicted molar refractivity (Wildman–Crippen MR) is 118 cm³/mol. The van der Waals surface area contributed by atoms with Gasteiger partial charge in [0, 0.05) is 25.0 Å². The molecule has 1 heterocycles. The zero-order valence-electron chi connectivity index (χ0n) is 17.4. The Morgan fingerprint density at radius 1 is 1.06 bits per heavy atom. The highest BCUT2D eigenvalue weighted by atomic mass is 16.5. The number of carbonyl (C=O) groups excluding carboxylic acids is 2. The number of amides is 2. The van der Waals surface area contributed by atoms with Crippen molar-refractivity contribution < 1.29 is 29.3 Å². The maximum Gasteiger partial charge on any atom is 0.412 e. The average Bonchev–Trinajstić information content (AvgIpc) is 3.40. The van der Waals surface area contributed by atoms with Gasteiger partial charge in [-0.15, -0.1) is 0 Å². The summed E-state index contributed by atoms with van der Waals surface area (Å²) in [5.41, 5.74) is 4.35. The van der Waals surface area contributed by atoms with Gasteiger partial charge in [0.05, 0.1) is 0 Å². The van der Waals surface area contributed by atoms with Crippen molar-refractivity contribution in [3.05, 3.63) is 71.4 Å². The van der Waals surface area contributed by atoms with Gasteiger partial charge < -0.3 is 20.3 Å². The summed E-state index contributed by atoms with van der Waals surface area (Å²) in [6.45, 7) is -0.270. The second-order valence-electron chi connectivity index (χ2n) is 7.49. The van der Waals surface area contributed by atoms with Gasteiger partial charge in [0.2, 0.25) is 0 Å². The number of nitrogens with one attached hydrogen (secondary N) is 3. The molecular weight excluding hydrogens is 428 g/mol. The number of nitrogens with zero attached hydrogens (tertiary/aromatic N) is 1. The van der Waals surface area contributed by atoms with Gasteiger partial charge in [0.15, 0.2) is 5.82 Å². The first kappa shape index (κ1) is 22.0. The van der Waals surface area contributed by atoms with Crippen LogP contribution in [0.25, 0.3) is 11.1 Å². The van der Waals surface area contributed by atoms with Crippen LogP contribution in [0.1, 0.15) is 34.0 Å². The number of aliphatic hydroxyl groups is 1. The minimum atomic E-state index is -1.27. The number of hydrogen-bond acceptors (Lipinski definition) is 6. The molecule has 170 valence electrons. The van der Waals surface area contributed by atoms with E-state index in [2.05, 4.69) is 20.8 Å². The van der Waals surface area contributed by atoms with E-state index in [1.54, 1.807) is 0 Å². The van der Waals surface area contributed by atoms with E-state index < -0.39 is 30.6 Å². The van der Waals surface area contributed by atoms with E-state index in [0.29, 0.717) is 0 Å². The van der Waals surface area contributed by atoms with Crippen molar-refractivity contribution in [2.75, 3.05) is 18.5 Å². The topological polar surface area (TPSA) is 154 Å². The zero-order chi connectivity index (χ0) is 23.4. The fraction of sp³-hybridized carbons (Fsp3) is 0.217. The summed E-state index contributed by atoms with van der Waals surface area (Å²) in [4.78, 5) is 35.6. The van der Waals surface area contributed by atoms with Crippen LogP contribution < -0.4 is 10.6 Å². The molecule has 1 unspecified atom stereocenters. The average molecular weight is 450 g/mol. The summed E-state index contributed by atoms with van der Waals surface area (Å²) >= 11 is 0. The first-order valence-electron chi connectivity index (χ1n) is 10.3. The van der Waals surface area contributed by atoms with Crippen molar-refractivity contribution in [2.45, 2.75) is 18.4 Å². The molecule has 0 spiro atoms. The van der Waals surface area contributed by atoms with Gasteiger partial charge >= 0.3 is 12.1 Å². The number of rotatable bonds is 8. The number of benzene rings is 2. The molecule has 33 heavy (non-hydrogen) atoms. The first-order chi connectivity index (χ1) is 16.0. The molecule has 1 aromatic heterocycles. The number of anilines is 1. The number of aromatic nitrogens is 2. The fourth-order valence-electron chi connectivity index (χ4n) is 3.86. The number of carbonyl (C=O) groups is 3. The summed E-state index contributed by atoms with van der Waals surface area (Å²) in [6, 6.07) is 16.0. The lowest BCUT2D eigenvalue weighted by Gasteiger charge is -2.14. The Kier molecular flexibility index (Phi) is 6.36. The van der Waals surface area contributed by atoms with Gasteiger partial charge in [0.25, 0.3) is 5.91 Å². The first-order valence-corrected chi connectivity index (χ1v) is 10.3. The molecule has 0 fully saturated rings. The Labute approximate surface area is 188 Å². The molecular formula is C23H22N4O6. The highest BCUT2D eigenvalue weighted by Crippen LogP contribution is 2.44. The van der Waals surface area contributed by atoms with Gasteiger partial charge in [-0.3, -0.25) is 15.2 Å². The SMILES string of the molecule is O=C(Nc1cc(C(=O)NC(CCO)C(=O)O)[nH]n1)OCC1c2ccccc2-c2ccccc21. The third-order valence-electron chi connectivity index (χ3n) is 5.42. The van der Waals surface area contributed by atoms with Crippen LogP contribution in [0.5, 0.6) is 0 Å². The number of carboxylic acid groups (broad SMARTS) is 1. The highest BCUT2D eigenvalue weighted by molar-refractivity contribution is 5.96. The van der Waals surface area contributed by atoms with Gasteiger partial charge in [0.1, 0.15) is 18.3 Å². The molecule has 1 atom stereocenters. The quantitative estimate of drug-likeness (QED) is 0.353. The maximum atomic E-state index is 12.3. The second-order valence-corrected chi connectivity index (χ2v) is 7.49. The predicted octanol–water partition coefficient (Wildman–Crippen LogP) is 2.34. The van der Waals surface area contributed by atoms with Crippen molar-refractivity contribution in [2.24, 2.45) is 0 Å². The normalized spacial score (nSPS) is 13.0. The van der Waals surface area contributed by atoms with Crippen LogP contribution in [-0.2, 0) is 9.53 Å². The van der Waals surface area contributed by atoms with E-state index in [1.807, 2.05) is 48.5 Å². The third-order valence-corrected chi connectivity index (χ3v) is 5.42. The number of hydrogen-bond donors (Lipinski definition) is 5. The Morgan fingerprint density at radius 3 is 2.30 bits per heavy atom. The van der Waals surface area contributed by atoms with Gasteiger partial charge in [-0.05, 0) is 22.3 Å². The number of ether oxygens (including phenoxy) is 1. The molecule has 0 saturated heterocycles. The van der Waals surface area contributed by atoms with Crippen molar-refractivity contribution in [1.29, 1.82) is 0 Å². The number of aliphatic hydroxyl groups excluding tert-OH is 1. The van der Waals surface area contributed by atoms with Crippen LogP contribution in [-0.4, -0.2) is 57.6 Å². The zero-order valence-corrected chi connectivity index (χ0v) is 17.4. The summed E-state index contributed by atoms with van der Waals surface area (Å²) in [5.74, 6) is -2.05. The van der Waals surface area contributed by atoms with Crippen LogP contribution >= 0.6 is 0 Å². The lowest BCUT2D eigenvalue weighted by atomic mass is 9.98. The molecule has 1 aliphatic rings. The van der Waals surface area contributed by atoms with Crippen molar-refractivity contribution in [1.82, 2.24) is 15.5 Å². The van der Waals surface area contributed by atoms with E-state index in [-0.39, 0.29) is 30.5 Å². The number of aliphatic carboxylic acids is 1. The summed E-state index contributed by atoms with van der Waals surface area (Å²) in [5, 5.41) is 29.0. The Morgan fingerprint density at radius 2 is 1.70 bits per heavy atom. The van der Waals surface area contributed by atoms with Crippen LogP contribution in [0, 0.1) is 0 Å². The molecule has 5 N–H and O–H groups in total. The van der Waals surface area contributed by atoms with Crippen LogP contribution in [0.3, 0.4) is 0 Å². The molecule has 3 aromatic rings. The monoisotopic (exact) mass is 450 g/mol. The molecule has 2 amide bonds. The Hall–Kier alpha value is -4.18. The number of carboxylic acids is 1. The molecule has 0 saturated carbocycles. The van der Waals surface area contributed by atoms with Crippen molar-refractivity contribution in [3.8, 4) is 11.1 Å². The van der Waals surface area contributed by atoms with Gasteiger partial charge in [-0.25, -0.2) is 9.59 Å². The standard InChI is InChI=1S/C23H22N4O6/c28-10-9-18(22(30)31)24-21(29)19-11-20(27-26-19)25-23(32)33-12-17-15-7-3-1-5-13(15)14-6-2-4-8-16(14)17/h1-8,11,17-18,28H,9-10,12H2,(H,24,29)(H,30,31)(H2,25,26,27,32). The number of aromatic amines is 1. The fourth-order valence-corrected chi connectivity index (χ4v) is 3.86. The maximum absolute atomic E-state index is 12.3.